The minimum absolute atomic E-state index is 0.0998. The second-order valence-corrected chi connectivity index (χ2v) is 16.8. The van der Waals surface area contributed by atoms with E-state index in [9.17, 15) is 14.4 Å². The first kappa shape index (κ1) is 58.6. The smallest absolute Gasteiger partial charge is 0.306 e. The average Bonchev–Trinajstić information content (AvgIpc) is 3.27. The predicted molar refractivity (Wildman–Crippen MR) is 265 cm³/mol. The van der Waals surface area contributed by atoms with Crippen LogP contribution in [0.5, 0.6) is 0 Å². The number of hydrogen-bond acceptors (Lipinski definition) is 6. The standard InChI is InChI=1S/C56H94O6/c1-4-7-10-13-16-19-22-24-26-27-28-30-31-34-37-40-43-46-49-55(58)61-52-53(51-60-54(57)48-45-42-39-36-33-21-18-15-12-9-6-3)62-56(59)50-47-44-41-38-35-32-29-25-23-20-17-14-11-8-5-2/h15-16,18-24,26-28,30,33,53H,4-14,17,25,29,31-32,34-52H2,1-3H3/b18-15-,19-16-,23-20-,24-22-,27-26-,30-28-,33-21-. The van der Waals surface area contributed by atoms with Gasteiger partial charge in [-0.3, -0.25) is 14.4 Å². The minimum Gasteiger partial charge on any atom is -0.462 e. The van der Waals surface area contributed by atoms with Crippen LogP contribution in [0.3, 0.4) is 0 Å². The monoisotopic (exact) mass is 863 g/mol. The molecule has 0 bridgehead atoms. The Morgan fingerprint density at radius 3 is 1.06 bits per heavy atom. The van der Waals surface area contributed by atoms with Gasteiger partial charge in [0.2, 0.25) is 0 Å². The highest BCUT2D eigenvalue weighted by molar-refractivity contribution is 5.71. The molecule has 0 N–H and O–H groups in total. The van der Waals surface area contributed by atoms with Gasteiger partial charge in [0.1, 0.15) is 13.2 Å². The number of unbranched alkanes of at least 4 members (excludes halogenated alkanes) is 24. The van der Waals surface area contributed by atoms with Crippen molar-refractivity contribution in [2.75, 3.05) is 13.2 Å². The van der Waals surface area contributed by atoms with Crippen LogP contribution < -0.4 is 0 Å². The summed E-state index contributed by atoms with van der Waals surface area (Å²) in [5.74, 6) is -0.955. The first-order chi connectivity index (χ1) is 30.5. The summed E-state index contributed by atoms with van der Waals surface area (Å²) in [6.07, 6.45) is 64.2. The molecule has 0 radical (unpaired) electrons. The molecule has 0 aromatic heterocycles. The molecular formula is C56H94O6. The van der Waals surface area contributed by atoms with Crippen molar-refractivity contribution in [3.8, 4) is 0 Å². The molecule has 1 unspecified atom stereocenters. The van der Waals surface area contributed by atoms with Gasteiger partial charge in [-0.15, -0.1) is 0 Å². The van der Waals surface area contributed by atoms with E-state index in [-0.39, 0.29) is 31.1 Å². The maximum Gasteiger partial charge on any atom is 0.306 e. The fourth-order valence-electron chi connectivity index (χ4n) is 6.78. The van der Waals surface area contributed by atoms with Crippen LogP contribution in [-0.4, -0.2) is 37.2 Å². The van der Waals surface area contributed by atoms with Crippen LogP contribution >= 0.6 is 0 Å². The third kappa shape index (κ3) is 47.6. The number of rotatable bonds is 45. The van der Waals surface area contributed by atoms with Crippen molar-refractivity contribution in [1.29, 1.82) is 0 Å². The van der Waals surface area contributed by atoms with Gasteiger partial charge in [0.25, 0.3) is 0 Å². The largest absolute Gasteiger partial charge is 0.462 e. The summed E-state index contributed by atoms with van der Waals surface area (Å²) in [6.45, 7) is 6.48. The zero-order valence-corrected chi connectivity index (χ0v) is 40.4. The molecule has 354 valence electrons. The Balaban J connectivity index is 4.46. The van der Waals surface area contributed by atoms with Gasteiger partial charge in [0, 0.05) is 19.3 Å². The van der Waals surface area contributed by atoms with Gasteiger partial charge in [0.05, 0.1) is 0 Å². The van der Waals surface area contributed by atoms with E-state index in [0.717, 1.165) is 96.3 Å². The molecule has 62 heavy (non-hydrogen) atoms. The summed E-state index contributed by atoms with van der Waals surface area (Å²) < 4.78 is 16.7. The summed E-state index contributed by atoms with van der Waals surface area (Å²) in [5.41, 5.74) is 0. The topological polar surface area (TPSA) is 78.9 Å². The molecule has 0 saturated carbocycles. The molecule has 0 saturated heterocycles. The zero-order valence-electron chi connectivity index (χ0n) is 40.4. The summed E-state index contributed by atoms with van der Waals surface area (Å²) in [7, 11) is 0. The van der Waals surface area contributed by atoms with Gasteiger partial charge < -0.3 is 14.2 Å². The van der Waals surface area contributed by atoms with Crippen molar-refractivity contribution in [3.05, 3.63) is 85.1 Å². The van der Waals surface area contributed by atoms with Crippen LogP contribution in [0, 0.1) is 0 Å². The minimum atomic E-state index is -0.799. The van der Waals surface area contributed by atoms with E-state index in [1.54, 1.807) is 0 Å². The molecule has 0 amide bonds. The fourth-order valence-corrected chi connectivity index (χ4v) is 6.78. The molecule has 0 heterocycles. The van der Waals surface area contributed by atoms with Gasteiger partial charge in [-0.1, -0.05) is 209 Å². The zero-order chi connectivity index (χ0) is 45.1. The second kappa shape index (κ2) is 50.2. The molecule has 0 aliphatic rings. The normalized spacial score (nSPS) is 12.8. The van der Waals surface area contributed by atoms with E-state index in [4.69, 9.17) is 14.2 Å². The Hall–Kier alpha value is -3.41. The summed E-state index contributed by atoms with van der Waals surface area (Å²) in [6, 6.07) is 0. The molecule has 6 nitrogen and oxygen atoms in total. The first-order valence-corrected chi connectivity index (χ1v) is 25.7. The van der Waals surface area contributed by atoms with Crippen LogP contribution in [0.2, 0.25) is 0 Å². The van der Waals surface area contributed by atoms with Crippen molar-refractivity contribution in [2.45, 2.75) is 239 Å². The maximum absolute atomic E-state index is 12.8. The molecule has 0 fully saturated rings. The van der Waals surface area contributed by atoms with E-state index in [2.05, 4.69) is 106 Å². The SMILES string of the molecule is CCCC/C=C\C=C/CCCCCC(=O)OCC(COC(=O)CCCCCCC\C=C/C=C\C=C/C=C\CCCCC)OC(=O)CCCCCCCCC/C=C\CCCCCC. The lowest BCUT2D eigenvalue weighted by Gasteiger charge is -2.18. The number of carbonyl (C=O) groups excluding carboxylic acids is 3. The van der Waals surface area contributed by atoms with Crippen molar-refractivity contribution in [3.63, 3.8) is 0 Å². The fraction of sp³-hybridized carbons (Fsp3) is 0.696. The molecule has 0 aromatic rings. The van der Waals surface area contributed by atoms with Crippen LogP contribution in [0.1, 0.15) is 233 Å². The molecule has 0 rings (SSSR count). The number of hydrogen-bond donors (Lipinski definition) is 0. The highest BCUT2D eigenvalue weighted by Gasteiger charge is 2.19. The lowest BCUT2D eigenvalue weighted by Crippen LogP contribution is -2.30. The van der Waals surface area contributed by atoms with Crippen LogP contribution in [0.25, 0.3) is 0 Å². The number of carbonyl (C=O) groups is 3. The third-order valence-electron chi connectivity index (χ3n) is 10.7. The van der Waals surface area contributed by atoms with Gasteiger partial charge in [-0.25, -0.2) is 0 Å². The van der Waals surface area contributed by atoms with Gasteiger partial charge in [-0.2, -0.15) is 0 Å². The van der Waals surface area contributed by atoms with Gasteiger partial charge >= 0.3 is 17.9 Å². The van der Waals surface area contributed by atoms with Crippen molar-refractivity contribution in [1.82, 2.24) is 0 Å². The Labute approximate surface area is 382 Å². The summed E-state index contributed by atoms with van der Waals surface area (Å²) in [5, 5.41) is 0. The molecule has 0 spiro atoms. The Kier molecular flexibility index (Phi) is 47.5. The summed E-state index contributed by atoms with van der Waals surface area (Å²) >= 11 is 0. The van der Waals surface area contributed by atoms with E-state index >= 15 is 0 Å². The van der Waals surface area contributed by atoms with Crippen molar-refractivity contribution >= 4 is 17.9 Å². The summed E-state index contributed by atoms with van der Waals surface area (Å²) in [4.78, 5) is 37.9. The van der Waals surface area contributed by atoms with Crippen LogP contribution in [-0.2, 0) is 28.6 Å². The van der Waals surface area contributed by atoms with E-state index in [1.807, 2.05) is 0 Å². The molecular weight excluding hydrogens is 769 g/mol. The predicted octanol–water partition coefficient (Wildman–Crippen LogP) is 16.8. The molecule has 0 aromatic carbocycles. The third-order valence-corrected chi connectivity index (χ3v) is 10.7. The first-order valence-electron chi connectivity index (χ1n) is 25.7. The molecule has 0 aliphatic heterocycles. The van der Waals surface area contributed by atoms with Crippen molar-refractivity contribution in [2.24, 2.45) is 0 Å². The Morgan fingerprint density at radius 1 is 0.323 bits per heavy atom. The van der Waals surface area contributed by atoms with E-state index in [1.165, 1.54) is 96.3 Å². The second-order valence-electron chi connectivity index (χ2n) is 16.8. The molecule has 0 aliphatic carbocycles. The van der Waals surface area contributed by atoms with Crippen molar-refractivity contribution < 1.29 is 28.6 Å². The quantitative estimate of drug-likeness (QED) is 0.0199. The number of ether oxygens (including phenoxy) is 3. The van der Waals surface area contributed by atoms with Crippen LogP contribution in [0.4, 0.5) is 0 Å². The Morgan fingerprint density at radius 2 is 0.613 bits per heavy atom. The van der Waals surface area contributed by atoms with Gasteiger partial charge in [-0.05, 0) is 89.9 Å². The number of allylic oxidation sites excluding steroid dienone is 14. The molecule has 6 heteroatoms. The van der Waals surface area contributed by atoms with Gasteiger partial charge in [0.15, 0.2) is 6.10 Å². The molecule has 1 atom stereocenters. The van der Waals surface area contributed by atoms with E-state index in [0.29, 0.717) is 19.3 Å². The van der Waals surface area contributed by atoms with Crippen LogP contribution in [0.15, 0.2) is 85.1 Å². The Bertz CT molecular complexity index is 1220. The number of esters is 3. The maximum atomic E-state index is 12.8. The lowest BCUT2D eigenvalue weighted by molar-refractivity contribution is -0.167. The highest BCUT2D eigenvalue weighted by Crippen LogP contribution is 2.13. The average molecular weight is 863 g/mol. The highest BCUT2D eigenvalue weighted by atomic mass is 16.6. The lowest BCUT2D eigenvalue weighted by atomic mass is 10.1. The van der Waals surface area contributed by atoms with E-state index < -0.39 is 6.10 Å².